The molecule has 0 saturated heterocycles. The van der Waals surface area contributed by atoms with E-state index in [1.165, 1.54) is 5.56 Å². The van der Waals surface area contributed by atoms with E-state index in [0.29, 0.717) is 22.9 Å². The molecule has 0 aliphatic carbocycles. The van der Waals surface area contributed by atoms with Gasteiger partial charge in [-0.1, -0.05) is 0 Å². The van der Waals surface area contributed by atoms with Gasteiger partial charge in [-0.3, -0.25) is 0 Å². The molecule has 4 heteroatoms. The van der Waals surface area contributed by atoms with Crippen LogP contribution in [-0.4, -0.2) is 6.54 Å². The van der Waals surface area contributed by atoms with Gasteiger partial charge in [0.2, 0.25) is 0 Å². The van der Waals surface area contributed by atoms with Gasteiger partial charge in [0.1, 0.15) is 0 Å². The topological polar surface area (TPSA) is 12.5 Å². The number of rotatable bonds is 3. The third-order valence-corrected chi connectivity index (χ3v) is 10.7. The van der Waals surface area contributed by atoms with E-state index in [-0.39, 0.29) is 10.8 Å². The summed E-state index contributed by atoms with van der Waals surface area (Å²) in [6.45, 7) is 15.7. The summed E-state index contributed by atoms with van der Waals surface area (Å²) in [5.74, 6) is 0.681. The van der Waals surface area contributed by atoms with Gasteiger partial charge < -0.3 is 0 Å². The van der Waals surface area contributed by atoms with Crippen LogP contribution in [0.4, 0.5) is 9.88 Å². The predicted molar refractivity (Wildman–Crippen MR) is 138 cm³/mol. The van der Waals surface area contributed by atoms with Crippen molar-refractivity contribution in [2.45, 2.75) is 59.3 Å². The molecule has 32 heavy (non-hydrogen) atoms. The zero-order chi connectivity index (χ0) is 23.4. The molecular weight excluding hydrogens is 416 g/mol. The summed E-state index contributed by atoms with van der Waals surface area (Å²) in [5.41, 5.74) is 2.84. The molecule has 3 aromatic rings. The fourth-order valence-electron chi connectivity index (χ4n) is 4.63. The van der Waals surface area contributed by atoms with E-state index in [1.54, 1.807) is 0 Å². The molecule has 0 N–H and O–H groups in total. The minimum atomic E-state index is -4.70. The van der Waals surface area contributed by atoms with Crippen LogP contribution in [0, 0.1) is 0 Å². The van der Waals surface area contributed by atoms with Gasteiger partial charge in [-0.05, 0) is 0 Å². The summed E-state index contributed by atoms with van der Waals surface area (Å²) in [6, 6.07) is 23.3. The van der Waals surface area contributed by atoms with Crippen molar-refractivity contribution in [1.29, 1.82) is 0 Å². The van der Waals surface area contributed by atoms with Crippen molar-refractivity contribution in [1.82, 2.24) is 0 Å². The van der Waals surface area contributed by atoms with Gasteiger partial charge in [0.15, 0.2) is 0 Å². The summed E-state index contributed by atoms with van der Waals surface area (Å²) in [6.07, 6.45) is 0. The summed E-state index contributed by atoms with van der Waals surface area (Å²) < 4.78 is 27.2. The molecule has 1 aliphatic heterocycles. The van der Waals surface area contributed by atoms with Crippen LogP contribution in [0.3, 0.4) is 0 Å². The number of fused-ring (bicyclic) bond motifs is 1. The number of nitrogens with zero attached hydrogens (tertiary/aromatic N) is 1. The second-order valence-corrected chi connectivity index (χ2v) is 14.2. The molecule has 0 unspecified atom stereocenters. The zero-order valence-corrected chi connectivity index (χ0v) is 21.2. The van der Waals surface area contributed by atoms with Crippen LogP contribution in [0.2, 0.25) is 0 Å². The van der Waals surface area contributed by atoms with Gasteiger partial charge in [0, 0.05) is 0 Å². The zero-order valence-electron chi connectivity index (χ0n) is 20.3. The van der Waals surface area contributed by atoms with Gasteiger partial charge in [-0.2, -0.15) is 0 Å². The van der Waals surface area contributed by atoms with Gasteiger partial charge in [-0.15, -0.1) is 0 Å². The Morgan fingerprint density at radius 3 is 1.69 bits per heavy atom. The maximum atomic E-state index is 18.5. The number of anilines is 1. The predicted octanol–water partition coefficient (Wildman–Crippen LogP) is 7.42. The Hall–Kier alpha value is -2.38. The molecule has 0 aromatic heterocycles. The molecule has 3 aromatic carbocycles. The van der Waals surface area contributed by atoms with Crippen LogP contribution in [-0.2, 0) is 10.8 Å². The summed E-state index contributed by atoms with van der Waals surface area (Å²) in [5, 5.41) is 1.19. The Kier molecular flexibility index (Phi) is 5.21. The number of hydrogen-bond donors (Lipinski definition) is 0. The molecule has 0 bridgehead atoms. The molecule has 170 valence electrons. The number of benzene rings is 3. The Balaban J connectivity index is 2.13. The summed E-state index contributed by atoms with van der Waals surface area (Å²) >= 11 is 0. The first-order chi connectivity index (χ1) is 14.9. The van der Waals surface area contributed by atoms with E-state index in [0.717, 1.165) is 11.3 Å². The number of hydrogen-bond acceptors (Lipinski definition) is 2. The van der Waals surface area contributed by atoms with Gasteiger partial charge >= 0.3 is 192 Å². The first-order valence-electron chi connectivity index (χ1n) is 11.4. The van der Waals surface area contributed by atoms with Crippen molar-refractivity contribution < 1.29 is 8.72 Å². The molecule has 2 nitrogen and oxygen atoms in total. The standard InChI is InChI=1S/C28H35FNOP/c1-8-30-25-20-21(27(2,3)4)19-24(28(5,6)7)26(25)31-32(30,29,22-15-11-9-12-16-22)23-17-13-10-14-18-23/h9-20H,8H2,1-7H3. The Morgan fingerprint density at radius 1 is 0.781 bits per heavy atom. The van der Waals surface area contributed by atoms with E-state index in [2.05, 4.69) is 53.7 Å². The number of halogens is 1. The van der Waals surface area contributed by atoms with Crippen molar-refractivity contribution >= 4 is 23.6 Å². The molecule has 0 spiro atoms. The fraction of sp³-hybridized carbons (Fsp3) is 0.357. The molecule has 0 saturated carbocycles. The van der Waals surface area contributed by atoms with E-state index >= 15 is 4.20 Å². The molecular formula is C28H35FNOP. The fourth-order valence-corrected chi connectivity index (χ4v) is 8.74. The van der Waals surface area contributed by atoms with Crippen molar-refractivity contribution in [2.75, 3.05) is 11.2 Å². The van der Waals surface area contributed by atoms with Gasteiger partial charge in [0.25, 0.3) is 0 Å². The molecule has 0 fully saturated rings. The maximum absolute atomic E-state index is 18.5. The van der Waals surface area contributed by atoms with Crippen LogP contribution in [0.1, 0.15) is 59.6 Å². The third-order valence-electron chi connectivity index (χ3n) is 6.42. The molecule has 4 rings (SSSR count). The quantitative estimate of drug-likeness (QED) is 0.384. The monoisotopic (exact) mass is 451 g/mol. The molecule has 0 atom stereocenters. The second kappa shape index (κ2) is 7.32. The third kappa shape index (κ3) is 3.25. The Morgan fingerprint density at radius 2 is 1.28 bits per heavy atom. The van der Waals surface area contributed by atoms with Crippen molar-refractivity contribution in [3.8, 4) is 5.75 Å². The molecule has 1 aliphatic rings. The molecule has 0 radical (unpaired) electrons. The van der Waals surface area contributed by atoms with Crippen LogP contribution < -0.4 is 19.8 Å². The summed E-state index contributed by atoms with van der Waals surface area (Å²) in [7, 11) is -4.70. The van der Waals surface area contributed by atoms with Crippen molar-refractivity contribution in [3.05, 3.63) is 83.9 Å². The van der Waals surface area contributed by atoms with Crippen LogP contribution in [0.5, 0.6) is 5.75 Å². The first kappa shape index (κ1) is 22.8. The van der Waals surface area contributed by atoms with E-state index in [1.807, 2.05) is 72.3 Å². The van der Waals surface area contributed by atoms with E-state index in [9.17, 15) is 0 Å². The Bertz CT molecular complexity index is 1090. The van der Waals surface area contributed by atoms with Gasteiger partial charge in [0.05, 0.1) is 0 Å². The normalized spacial score (nSPS) is 18.4. The van der Waals surface area contributed by atoms with E-state index in [4.69, 9.17) is 4.52 Å². The Labute approximate surface area is 192 Å². The average molecular weight is 452 g/mol. The van der Waals surface area contributed by atoms with Crippen molar-refractivity contribution in [3.63, 3.8) is 0 Å². The van der Waals surface area contributed by atoms with E-state index < -0.39 is 7.29 Å². The second-order valence-electron chi connectivity index (χ2n) is 10.7. The first-order valence-corrected chi connectivity index (χ1v) is 13.4. The van der Waals surface area contributed by atoms with Crippen molar-refractivity contribution in [2.24, 2.45) is 0 Å². The molecule has 1 heterocycles. The minimum absolute atomic E-state index is 0.0662. The average Bonchev–Trinajstić information content (AvgIpc) is 3.03. The van der Waals surface area contributed by atoms with Crippen LogP contribution >= 0.6 is 7.29 Å². The van der Waals surface area contributed by atoms with Crippen LogP contribution in [0.15, 0.2) is 72.8 Å². The van der Waals surface area contributed by atoms with Crippen LogP contribution in [0.25, 0.3) is 0 Å². The molecule has 0 amide bonds. The SMILES string of the molecule is CCN1c2cc(C(C)(C)C)cc(C(C)(C)C)c2OP1(F)(c1ccccc1)c1ccccc1. The van der Waals surface area contributed by atoms with Gasteiger partial charge in [-0.25, -0.2) is 0 Å². The summed E-state index contributed by atoms with van der Waals surface area (Å²) in [4.78, 5) is 0.